The Morgan fingerprint density at radius 3 is 2.88 bits per heavy atom. The first-order valence-corrected chi connectivity index (χ1v) is 6.18. The summed E-state index contributed by atoms with van der Waals surface area (Å²) in [6.45, 7) is 8.84. The van der Waals surface area contributed by atoms with Gasteiger partial charge in [0.2, 0.25) is 5.89 Å². The van der Waals surface area contributed by atoms with E-state index in [4.69, 9.17) is 9.26 Å². The number of rotatable bonds is 3. The summed E-state index contributed by atoms with van der Waals surface area (Å²) in [5, 5.41) is 7.31. The number of hydrogen-bond acceptors (Lipinski definition) is 5. The number of nitrogens with one attached hydrogen (secondary N) is 1. The van der Waals surface area contributed by atoms with Crippen molar-refractivity contribution in [3.63, 3.8) is 0 Å². The summed E-state index contributed by atoms with van der Waals surface area (Å²) in [5.74, 6) is 1.44. The predicted molar refractivity (Wildman–Crippen MR) is 63.6 cm³/mol. The summed E-state index contributed by atoms with van der Waals surface area (Å²) < 4.78 is 10.6. The van der Waals surface area contributed by atoms with E-state index in [1.165, 1.54) is 0 Å². The van der Waals surface area contributed by atoms with E-state index < -0.39 is 0 Å². The third-order valence-electron chi connectivity index (χ3n) is 2.80. The molecular formula is C12H21N3O2. The summed E-state index contributed by atoms with van der Waals surface area (Å²) in [4.78, 5) is 4.42. The van der Waals surface area contributed by atoms with Crippen molar-refractivity contribution in [2.75, 3.05) is 19.8 Å². The molecular weight excluding hydrogens is 218 g/mol. The molecule has 1 aliphatic rings. The lowest BCUT2D eigenvalue weighted by Crippen LogP contribution is -2.34. The van der Waals surface area contributed by atoms with Gasteiger partial charge in [-0.15, -0.1) is 0 Å². The van der Waals surface area contributed by atoms with Gasteiger partial charge in [0.1, 0.15) is 6.04 Å². The van der Waals surface area contributed by atoms with Gasteiger partial charge >= 0.3 is 0 Å². The molecule has 1 N–H and O–H groups in total. The summed E-state index contributed by atoms with van der Waals surface area (Å²) in [5.41, 5.74) is 0.299. The molecule has 0 saturated carbocycles. The van der Waals surface area contributed by atoms with Crippen molar-refractivity contribution in [1.82, 2.24) is 15.5 Å². The van der Waals surface area contributed by atoms with Crippen LogP contribution in [0.4, 0.5) is 0 Å². The van der Waals surface area contributed by atoms with E-state index in [9.17, 15) is 0 Å². The van der Waals surface area contributed by atoms with Crippen LogP contribution in [0.1, 0.15) is 44.9 Å². The molecule has 1 aliphatic heterocycles. The first kappa shape index (κ1) is 12.5. The SMILES string of the molecule is CC(C)(C)CCc1noc(C2COCCN2)n1. The molecule has 2 rings (SSSR count). The highest BCUT2D eigenvalue weighted by Crippen LogP contribution is 2.21. The van der Waals surface area contributed by atoms with Gasteiger partial charge in [0, 0.05) is 13.0 Å². The van der Waals surface area contributed by atoms with E-state index in [0.717, 1.165) is 31.8 Å². The van der Waals surface area contributed by atoms with E-state index in [-0.39, 0.29) is 6.04 Å². The van der Waals surface area contributed by atoms with E-state index in [1.54, 1.807) is 0 Å². The highest BCUT2D eigenvalue weighted by atomic mass is 16.5. The fraction of sp³-hybridized carbons (Fsp3) is 0.833. The Labute approximate surface area is 102 Å². The van der Waals surface area contributed by atoms with Gasteiger partial charge in [-0.25, -0.2) is 0 Å². The maximum atomic E-state index is 5.37. The maximum absolute atomic E-state index is 5.37. The van der Waals surface area contributed by atoms with Gasteiger partial charge in [-0.05, 0) is 11.8 Å². The number of aryl methyl sites for hydroxylation is 1. The summed E-state index contributed by atoms with van der Waals surface area (Å²) in [6, 6.07) is 0.0552. The van der Waals surface area contributed by atoms with Crippen LogP contribution >= 0.6 is 0 Å². The molecule has 0 spiro atoms. The second-order valence-corrected chi connectivity index (χ2v) is 5.69. The number of hydrogen-bond donors (Lipinski definition) is 1. The Morgan fingerprint density at radius 2 is 2.24 bits per heavy atom. The van der Waals surface area contributed by atoms with Crippen LogP contribution < -0.4 is 5.32 Å². The van der Waals surface area contributed by atoms with Gasteiger partial charge in [0.05, 0.1) is 13.2 Å². The fourth-order valence-corrected chi connectivity index (χ4v) is 1.72. The molecule has 0 bridgehead atoms. The number of morpholine rings is 1. The van der Waals surface area contributed by atoms with Crippen molar-refractivity contribution in [1.29, 1.82) is 0 Å². The topological polar surface area (TPSA) is 60.2 Å². The average Bonchev–Trinajstić information content (AvgIpc) is 2.75. The van der Waals surface area contributed by atoms with Crippen LogP contribution in [0.3, 0.4) is 0 Å². The molecule has 1 atom stereocenters. The molecule has 1 unspecified atom stereocenters. The van der Waals surface area contributed by atoms with Crippen LogP contribution in [0.2, 0.25) is 0 Å². The van der Waals surface area contributed by atoms with Gasteiger partial charge in [0.15, 0.2) is 5.82 Å². The van der Waals surface area contributed by atoms with Crippen LogP contribution in [0.5, 0.6) is 0 Å². The van der Waals surface area contributed by atoms with Crippen LogP contribution in [0.15, 0.2) is 4.52 Å². The van der Waals surface area contributed by atoms with Crippen LogP contribution in [0, 0.1) is 5.41 Å². The predicted octanol–water partition coefficient (Wildman–Crippen LogP) is 1.71. The molecule has 1 aromatic heterocycles. The first-order valence-electron chi connectivity index (χ1n) is 6.18. The van der Waals surface area contributed by atoms with Gasteiger partial charge in [-0.3, -0.25) is 0 Å². The van der Waals surface area contributed by atoms with Crippen molar-refractivity contribution < 1.29 is 9.26 Å². The minimum atomic E-state index is 0.0552. The van der Waals surface area contributed by atoms with E-state index in [0.29, 0.717) is 17.9 Å². The smallest absolute Gasteiger partial charge is 0.246 e. The molecule has 96 valence electrons. The summed E-state index contributed by atoms with van der Waals surface area (Å²) in [7, 11) is 0. The second kappa shape index (κ2) is 5.14. The van der Waals surface area contributed by atoms with Crippen molar-refractivity contribution in [2.45, 2.75) is 39.7 Å². The lowest BCUT2D eigenvalue weighted by molar-refractivity contribution is 0.0659. The molecule has 0 aromatic carbocycles. The van der Waals surface area contributed by atoms with E-state index >= 15 is 0 Å². The number of nitrogens with zero attached hydrogens (tertiary/aromatic N) is 2. The third-order valence-corrected chi connectivity index (χ3v) is 2.80. The molecule has 0 radical (unpaired) electrons. The van der Waals surface area contributed by atoms with Gasteiger partial charge in [-0.1, -0.05) is 25.9 Å². The second-order valence-electron chi connectivity index (χ2n) is 5.69. The molecule has 5 heteroatoms. The highest BCUT2D eigenvalue weighted by molar-refractivity contribution is 4.94. The standard InChI is InChI=1S/C12H21N3O2/c1-12(2,3)5-4-10-14-11(17-15-10)9-8-16-7-6-13-9/h9,13H,4-8H2,1-3H3. The number of aromatic nitrogens is 2. The van der Waals surface area contributed by atoms with E-state index in [1.807, 2.05) is 0 Å². The zero-order valence-electron chi connectivity index (χ0n) is 10.8. The molecule has 2 heterocycles. The molecule has 0 amide bonds. The lowest BCUT2D eigenvalue weighted by atomic mass is 9.90. The third kappa shape index (κ3) is 3.78. The quantitative estimate of drug-likeness (QED) is 0.870. The Hall–Kier alpha value is -0.940. The minimum Gasteiger partial charge on any atom is -0.378 e. The maximum Gasteiger partial charge on any atom is 0.246 e. The Balaban J connectivity index is 1.91. The minimum absolute atomic E-state index is 0.0552. The zero-order valence-corrected chi connectivity index (χ0v) is 10.8. The van der Waals surface area contributed by atoms with Crippen molar-refractivity contribution >= 4 is 0 Å². The average molecular weight is 239 g/mol. The molecule has 17 heavy (non-hydrogen) atoms. The van der Waals surface area contributed by atoms with Crippen LogP contribution in [-0.2, 0) is 11.2 Å². The van der Waals surface area contributed by atoms with Crippen molar-refractivity contribution in [2.24, 2.45) is 5.41 Å². The lowest BCUT2D eigenvalue weighted by Gasteiger charge is -2.20. The summed E-state index contributed by atoms with van der Waals surface area (Å²) >= 11 is 0. The zero-order chi connectivity index (χ0) is 12.3. The van der Waals surface area contributed by atoms with Gasteiger partial charge in [-0.2, -0.15) is 4.98 Å². The van der Waals surface area contributed by atoms with E-state index in [2.05, 4.69) is 36.2 Å². The monoisotopic (exact) mass is 239 g/mol. The molecule has 0 aliphatic carbocycles. The first-order chi connectivity index (χ1) is 8.04. The Kier molecular flexibility index (Phi) is 3.79. The van der Waals surface area contributed by atoms with Crippen molar-refractivity contribution in [3.05, 3.63) is 11.7 Å². The molecule has 1 aromatic rings. The largest absolute Gasteiger partial charge is 0.378 e. The van der Waals surface area contributed by atoms with Gasteiger partial charge in [0.25, 0.3) is 0 Å². The molecule has 1 fully saturated rings. The van der Waals surface area contributed by atoms with Crippen LogP contribution in [-0.4, -0.2) is 29.9 Å². The Bertz CT molecular complexity index is 351. The molecule has 1 saturated heterocycles. The summed E-state index contributed by atoms with van der Waals surface area (Å²) in [6.07, 6.45) is 1.92. The number of ether oxygens (including phenoxy) is 1. The normalized spacial score (nSPS) is 21.7. The fourth-order valence-electron chi connectivity index (χ4n) is 1.72. The van der Waals surface area contributed by atoms with Crippen LogP contribution in [0.25, 0.3) is 0 Å². The Morgan fingerprint density at radius 1 is 1.41 bits per heavy atom. The van der Waals surface area contributed by atoms with Crippen molar-refractivity contribution in [3.8, 4) is 0 Å². The molecule has 5 nitrogen and oxygen atoms in total. The van der Waals surface area contributed by atoms with Gasteiger partial charge < -0.3 is 14.6 Å². The highest BCUT2D eigenvalue weighted by Gasteiger charge is 2.22.